The van der Waals surface area contributed by atoms with Crippen LogP contribution in [-0.2, 0) is 0 Å². The minimum absolute atomic E-state index is 0.0281. The first kappa shape index (κ1) is 13.9. The third-order valence-corrected chi connectivity index (χ3v) is 3.80. The fourth-order valence-electron chi connectivity index (χ4n) is 2.62. The van der Waals surface area contributed by atoms with Gasteiger partial charge in [-0.05, 0) is 56.6 Å². The van der Waals surface area contributed by atoms with Gasteiger partial charge in [-0.3, -0.25) is 4.79 Å². The minimum atomic E-state index is 0.0281. The van der Waals surface area contributed by atoms with Crippen LogP contribution in [0.5, 0.6) is 0 Å². The molecule has 104 valence electrons. The van der Waals surface area contributed by atoms with E-state index < -0.39 is 0 Å². The summed E-state index contributed by atoms with van der Waals surface area (Å²) in [6.07, 6.45) is 1.18. The molecular weight excluding hydrogens is 238 g/mol. The third-order valence-electron chi connectivity index (χ3n) is 3.80. The van der Waals surface area contributed by atoms with Crippen molar-refractivity contribution >= 4 is 11.6 Å². The maximum Gasteiger partial charge on any atom is 0.251 e. The maximum absolute atomic E-state index is 12.1. The van der Waals surface area contributed by atoms with Gasteiger partial charge in [0.25, 0.3) is 5.91 Å². The molecule has 19 heavy (non-hydrogen) atoms. The first-order chi connectivity index (χ1) is 9.10. The molecule has 4 nitrogen and oxygen atoms in total. The van der Waals surface area contributed by atoms with Crippen LogP contribution in [0.15, 0.2) is 18.2 Å². The summed E-state index contributed by atoms with van der Waals surface area (Å²) in [5, 5.41) is 6.15. The van der Waals surface area contributed by atoms with Crippen LogP contribution in [-0.4, -0.2) is 44.5 Å². The number of nitrogens with zero attached hydrogens (tertiary/aromatic N) is 1. The first-order valence-electron chi connectivity index (χ1n) is 6.85. The first-order valence-corrected chi connectivity index (χ1v) is 6.85. The average molecular weight is 261 g/mol. The second-order valence-electron chi connectivity index (χ2n) is 5.41. The van der Waals surface area contributed by atoms with Crippen LogP contribution in [0.4, 0.5) is 5.69 Å². The monoisotopic (exact) mass is 261 g/mol. The zero-order valence-electron chi connectivity index (χ0n) is 12.0. The number of carbonyl (C=O) groups excluding carboxylic acids is 1. The van der Waals surface area contributed by atoms with E-state index in [-0.39, 0.29) is 5.91 Å². The zero-order valence-corrected chi connectivity index (χ0v) is 12.0. The molecule has 1 saturated heterocycles. The molecule has 1 aliphatic rings. The van der Waals surface area contributed by atoms with E-state index in [1.165, 1.54) is 6.42 Å². The highest BCUT2D eigenvalue weighted by molar-refractivity contribution is 5.94. The number of likely N-dealkylation sites (tertiary alicyclic amines) is 1. The number of hydrogen-bond acceptors (Lipinski definition) is 3. The van der Waals surface area contributed by atoms with Crippen LogP contribution >= 0.6 is 0 Å². The predicted octanol–water partition coefficient (Wildman–Crippen LogP) is 1.72. The Morgan fingerprint density at radius 3 is 2.84 bits per heavy atom. The molecule has 1 aliphatic heterocycles. The Kier molecular flexibility index (Phi) is 4.43. The molecule has 2 N–H and O–H groups in total. The smallest absolute Gasteiger partial charge is 0.251 e. The number of amides is 1. The van der Waals surface area contributed by atoms with Gasteiger partial charge in [0.05, 0.1) is 0 Å². The number of nitrogens with one attached hydrogen (secondary N) is 2. The molecule has 0 saturated carbocycles. The van der Waals surface area contributed by atoms with Gasteiger partial charge in [0.1, 0.15) is 0 Å². The van der Waals surface area contributed by atoms with E-state index in [2.05, 4.69) is 22.6 Å². The van der Waals surface area contributed by atoms with Crippen molar-refractivity contribution in [1.29, 1.82) is 0 Å². The summed E-state index contributed by atoms with van der Waals surface area (Å²) in [4.78, 5) is 14.4. The van der Waals surface area contributed by atoms with E-state index >= 15 is 0 Å². The molecule has 0 aliphatic carbocycles. The molecule has 0 bridgehead atoms. The van der Waals surface area contributed by atoms with Gasteiger partial charge in [0.15, 0.2) is 0 Å². The number of carbonyl (C=O) groups is 1. The van der Waals surface area contributed by atoms with Crippen molar-refractivity contribution in [2.45, 2.75) is 13.3 Å². The number of anilines is 1. The van der Waals surface area contributed by atoms with E-state index in [1.54, 1.807) is 0 Å². The lowest BCUT2D eigenvalue weighted by Crippen LogP contribution is -2.30. The molecule has 1 amide bonds. The maximum atomic E-state index is 12.1. The van der Waals surface area contributed by atoms with Gasteiger partial charge >= 0.3 is 0 Å². The van der Waals surface area contributed by atoms with Gasteiger partial charge in [0.2, 0.25) is 0 Å². The van der Waals surface area contributed by atoms with Gasteiger partial charge in [-0.1, -0.05) is 0 Å². The summed E-state index contributed by atoms with van der Waals surface area (Å²) >= 11 is 0. The van der Waals surface area contributed by atoms with Crippen LogP contribution in [0, 0.1) is 12.8 Å². The summed E-state index contributed by atoms with van der Waals surface area (Å²) < 4.78 is 0. The van der Waals surface area contributed by atoms with Crippen LogP contribution in [0.25, 0.3) is 0 Å². The SMILES string of the molecule is CNc1ccc(C(=O)NCC2CCN(C)C2)cc1C. The lowest BCUT2D eigenvalue weighted by Gasteiger charge is -2.12. The molecule has 0 aromatic heterocycles. The molecule has 0 spiro atoms. The standard InChI is InChI=1S/C15H23N3O/c1-11-8-13(4-5-14(11)16-2)15(19)17-9-12-6-7-18(3)10-12/h4-5,8,12,16H,6-7,9-10H2,1-3H3,(H,17,19). The van der Waals surface area contributed by atoms with Crippen molar-refractivity contribution in [3.05, 3.63) is 29.3 Å². The van der Waals surface area contributed by atoms with Crippen LogP contribution < -0.4 is 10.6 Å². The number of hydrogen-bond donors (Lipinski definition) is 2. The molecule has 1 aromatic carbocycles. The molecule has 4 heteroatoms. The van der Waals surface area contributed by atoms with E-state index in [1.807, 2.05) is 32.2 Å². The largest absolute Gasteiger partial charge is 0.388 e. The normalized spacial score (nSPS) is 19.4. The van der Waals surface area contributed by atoms with Crippen molar-refractivity contribution in [3.8, 4) is 0 Å². The van der Waals surface area contributed by atoms with Gasteiger partial charge in [-0.2, -0.15) is 0 Å². The van der Waals surface area contributed by atoms with Gasteiger partial charge in [-0.15, -0.1) is 0 Å². The fourth-order valence-corrected chi connectivity index (χ4v) is 2.62. The van der Waals surface area contributed by atoms with Crippen molar-refractivity contribution in [2.75, 3.05) is 39.0 Å². The molecule has 1 atom stereocenters. The van der Waals surface area contributed by atoms with Gasteiger partial charge < -0.3 is 15.5 Å². The van der Waals surface area contributed by atoms with E-state index in [9.17, 15) is 4.79 Å². The van der Waals surface area contributed by atoms with Crippen LogP contribution in [0.3, 0.4) is 0 Å². The van der Waals surface area contributed by atoms with Crippen molar-refractivity contribution in [3.63, 3.8) is 0 Å². The Bertz CT molecular complexity index is 459. The summed E-state index contributed by atoms with van der Waals surface area (Å²) in [7, 11) is 4.01. The summed E-state index contributed by atoms with van der Waals surface area (Å²) in [5.74, 6) is 0.618. The Hall–Kier alpha value is -1.55. The van der Waals surface area contributed by atoms with Crippen molar-refractivity contribution in [2.24, 2.45) is 5.92 Å². The molecule has 0 radical (unpaired) electrons. The number of benzene rings is 1. The molecule has 1 aromatic rings. The third kappa shape index (κ3) is 3.47. The minimum Gasteiger partial charge on any atom is -0.388 e. The summed E-state index contributed by atoms with van der Waals surface area (Å²) in [6.45, 7) is 5.00. The second kappa shape index (κ2) is 6.06. The van der Waals surface area contributed by atoms with E-state index in [0.29, 0.717) is 5.92 Å². The molecule has 2 rings (SSSR count). The van der Waals surface area contributed by atoms with E-state index in [4.69, 9.17) is 0 Å². The van der Waals surface area contributed by atoms with Crippen LogP contribution in [0.2, 0.25) is 0 Å². The fraction of sp³-hybridized carbons (Fsp3) is 0.533. The highest BCUT2D eigenvalue weighted by Gasteiger charge is 2.20. The zero-order chi connectivity index (χ0) is 13.8. The summed E-state index contributed by atoms with van der Waals surface area (Å²) in [5.41, 5.74) is 2.90. The molecule has 1 heterocycles. The lowest BCUT2D eigenvalue weighted by atomic mass is 10.1. The Morgan fingerprint density at radius 1 is 1.47 bits per heavy atom. The number of aryl methyl sites for hydroxylation is 1. The molecule has 1 fully saturated rings. The number of rotatable bonds is 4. The Labute approximate surface area is 115 Å². The van der Waals surface area contributed by atoms with Crippen molar-refractivity contribution < 1.29 is 4.79 Å². The second-order valence-corrected chi connectivity index (χ2v) is 5.41. The van der Waals surface area contributed by atoms with Crippen molar-refractivity contribution in [1.82, 2.24) is 10.2 Å². The average Bonchev–Trinajstić information content (AvgIpc) is 2.81. The van der Waals surface area contributed by atoms with Crippen LogP contribution in [0.1, 0.15) is 22.3 Å². The lowest BCUT2D eigenvalue weighted by molar-refractivity contribution is 0.0947. The highest BCUT2D eigenvalue weighted by atomic mass is 16.1. The quantitative estimate of drug-likeness (QED) is 0.867. The van der Waals surface area contributed by atoms with Gasteiger partial charge in [-0.25, -0.2) is 0 Å². The Balaban J connectivity index is 1.91. The highest BCUT2D eigenvalue weighted by Crippen LogP contribution is 2.16. The topological polar surface area (TPSA) is 44.4 Å². The van der Waals surface area contributed by atoms with Gasteiger partial charge in [0, 0.05) is 31.4 Å². The Morgan fingerprint density at radius 2 is 2.26 bits per heavy atom. The summed E-state index contributed by atoms with van der Waals surface area (Å²) in [6, 6.07) is 5.75. The molecule has 1 unspecified atom stereocenters. The van der Waals surface area contributed by atoms with E-state index in [0.717, 1.165) is 36.4 Å². The predicted molar refractivity (Wildman–Crippen MR) is 78.7 cm³/mol. The molecular formula is C15H23N3O.